The normalized spacial score (nSPS) is 27.1. The Morgan fingerprint density at radius 1 is 1.57 bits per heavy atom. The molecule has 1 rings (SSSR count). The molecule has 7 heavy (non-hydrogen) atoms. The van der Waals surface area contributed by atoms with E-state index in [0.29, 0.717) is 7.02 Å². The molecule has 1 aliphatic rings. The molecule has 1 aliphatic heterocycles. The lowest BCUT2D eigenvalue weighted by Gasteiger charge is -2.21. The van der Waals surface area contributed by atoms with Crippen LogP contribution in [0.2, 0.25) is 0 Å². The second kappa shape index (κ2) is 2.28. The third-order valence-electron chi connectivity index (χ3n) is 1.10. The van der Waals surface area contributed by atoms with E-state index in [0.717, 1.165) is 26.3 Å². The molecule has 0 aromatic heterocycles. The summed E-state index contributed by atoms with van der Waals surface area (Å²) in [5.41, 5.74) is 0. The van der Waals surface area contributed by atoms with Gasteiger partial charge in [0.05, 0.1) is 13.2 Å². The van der Waals surface area contributed by atoms with Crippen molar-refractivity contribution in [3.05, 3.63) is 0 Å². The highest BCUT2D eigenvalue weighted by atomic mass is 16.5. The van der Waals surface area contributed by atoms with Crippen LogP contribution in [-0.2, 0) is 4.74 Å². The molecule has 0 aliphatic carbocycles. The Kier molecular flexibility index (Phi) is 1.26. The summed E-state index contributed by atoms with van der Waals surface area (Å²) in [4.78, 5) is 2.06. The van der Waals surface area contributed by atoms with Crippen LogP contribution in [0.5, 0.6) is 0 Å². The largest absolute Gasteiger partial charge is 0.379 e. The van der Waals surface area contributed by atoms with Crippen molar-refractivity contribution in [3.8, 4) is 0 Å². The highest BCUT2D eigenvalue weighted by Gasteiger charge is 2.02. The lowest BCUT2D eigenvalue weighted by molar-refractivity contribution is 0.0503. The fourth-order valence-electron chi connectivity index (χ4n) is 0.601. The van der Waals surface area contributed by atoms with Crippen LogP contribution >= 0.6 is 0 Å². The predicted molar refractivity (Wildman–Crippen MR) is 28.3 cm³/mol. The number of ether oxygens (including phenoxy) is 1. The smallest absolute Gasteiger partial charge is 0.0594 e. The van der Waals surface area contributed by atoms with Gasteiger partial charge in [-0.05, 0) is 7.02 Å². The third-order valence-corrected chi connectivity index (χ3v) is 1.10. The summed E-state index contributed by atoms with van der Waals surface area (Å²) in [5.74, 6) is 0. The standard InChI is InChI=1S/C5H11NO/c1-6-2-4-7-5-3-6/h2-5H2,1H3/i1D. The van der Waals surface area contributed by atoms with Crippen LogP contribution in [0.15, 0.2) is 0 Å². The number of morpholine rings is 1. The zero-order chi connectivity index (χ0) is 5.82. The van der Waals surface area contributed by atoms with Gasteiger partial charge in [-0.3, -0.25) is 0 Å². The van der Waals surface area contributed by atoms with Crippen molar-refractivity contribution in [2.24, 2.45) is 0 Å². The lowest BCUT2D eigenvalue weighted by atomic mass is 10.5. The molecule has 2 nitrogen and oxygen atoms in total. The number of hydrogen-bond acceptors (Lipinski definition) is 2. The highest BCUT2D eigenvalue weighted by molar-refractivity contribution is 4.53. The van der Waals surface area contributed by atoms with E-state index in [9.17, 15) is 0 Å². The van der Waals surface area contributed by atoms with Gasteiger partial charge in [0.1, 0.15) is 0 Å². The van der Waals surface area contributed by atoms with Gasteiger partial charge in [0.15, 0.2) is 0 Å². The number of rotatable bonds is 0. The van der Waals surface area contributed by atoms with E-state index in [-0.39, 0.29) is 0 Å². The van der Waals surface area contributed by atoms with E-state index < -0.39 is 0 Å². The van der Waals surface area contributed by atoms with Crippen molar-refractivity contribution < 1.29 is 6.11 Å². The Morgan fingerprint density at radius 3 is 2.71 bits per heavy atom. The molecule has 2 heteroatoms. The Hall–Kier alpha value is -0.0800. The van der Waals surface area contributed by atoms with E-state index in [1.54, 1.807) is 0 Å². The van der Waals surface area contributed by atoms with Crippen molar-refractivity contribution in [3.63, 3.8) is 0 Å². The molecule has 0 aromatic carbocycles. The first-order chi connectivity index (χ1) is 3.93. The maximum Gasteiger partial charge on any atom is 0.0594 e. The second-order valence-electron chi connectivity index (χ2n) is 1.73. The minimum atomic E-state index is 0.420. The molecule has 1 saturated heterocycles. The molecular formula is C5H11NO. The fraction of sp³-hybridized carbons (Fsp3) is 1.00. The summed E-state index contributed by atoms with van der Waals surface area (Å²) in [6.45, 7) is 3.48. The summed E-state index contributed by atoms with van der Waals surface area (Å²) < 4.78 is 12.0. The summed E-state index contributed by atoms with van der Waals surface area (Å²) in [5, 5.41) is 0. The Morgan fingerprint density at radius 2 is 2.29 bits per heavy atom. The second-order valence-corrected chi connectivity index (χ2v) is 1.73. The predicted octanol–water partition coefficient (Wildman–Crippen LogP) is -0.0516. The number of hydrogen-bond donors (Lipinski definition) is 0. The maximum atomic E-state index is 6.97. The van der Waals surface area contributed by atoms with Gasteiger partial charge in [-0.2, -0.15) is 0 Å². The zero-order valence-electron chi connectivity index (χ0n) is 5.39. The first-order valence-electron chi connectivity index (χ1n) is 3.23. The molecule has 1 heterocycles. The third kappa shape index (κ3) is 1.45. The van der Waals surface area contributed by atoms with E-state index in [4.69, 9.17) is 6.11 Å². The number of nitrogens with zero attached hydrogens (tertiary/aromatic N) is 1. The fourth-order valence-corrected chi connectivity index (χ4v) is 0.601. The monoisotopic (exact) mass is 102 g/mol. The van der Waals surface area contributed by atoms with E-state index >= 15 is 0 Å². The summed E-state index contributed by atoms with van der Waals surface area (Å²) in [7, 11) is 0.420. The SMILES string of the molecule is [2H]CN1CCOCC1. The van der Waals surface area contributed by atoms with Gasteiger partial charge < -0.3 is 9.64 Å². The zero-order valence-corrected chi connectivity index (χ0v) is 4.39. The Bertz CT molecular complexity index is 63.4. The van der Waals surface area contributed by atoms with Crippen LogP contribution in [0.3, 0.4) is 0 Å². The van der Waals surface area contributed by atoms with Gasteiger partial charge in [0.2, 0.25) is 0 Å². The molecule has 0 spiro atoms. The van der Waals surface area contributed by atoms with Gasteiger partial charge in [-0.1, -0.05) is 0 Å². The van der Waals surface area contributed by atoms with Crippen molar-refractivity contribution in [2.75, 3.05) is 33.3 Å². The topological polar surface area (TPSA) is 12.5 Å². The van der Waals surface area contributed by atoms with E-state index in [1.165, 1.54) is 0 Å². The molecule has 0 amide bonds. The summed E-state index contributed by atoms with van der Waals surface area (Å²) in [6, 6.07) is 0. The van der Waals surface area contributed by atoms with Gasteiger partial charge >= 0.3 is 0 Å². The van der Waals surface area contributed by atoms with Gasteiger partial charge in [0.25, 0.3) is 0 Å². The summed E-state index contributed by atoms with van der Waals surface area (Å²) in [6.07, 6.45) is 0. The Labute approximate surface area is 45.5 Å². The first-order valence-corrected chi connectivity index (χ1v) is 2.53. The van der Waals surface area contributed by atoms with Crippen molar-refractivity contribution in [1.29, 1.82) is 0 Å². The minimum absolute atomic E-state index is 0.420. The van der Waals surface area contributed by atoms with Gasteiger partial charge in [-0.15, -0.1) is 0 Å². The average Bonchev–Trinajstić information content (AvgIpc) is 1.90. The van der Waals surface area contributed by atoms with Crippen LogP contribution < -0.4 is 0 Å². The maximum absolute atomic E-state index is 6.97. The molecule has 0 saturated carbocycles. The average molecular weight is 102 g/mol. The highest BCUT2D eigenvalue weighted by Crippen LogP contribution is 1.89. The molecule has 0 N–H and O–H groups in total. The van der Waals surface area contributed by atoms with Crippen LogP contribution in [0.25, 0.3) is 0 Å². The molecule has 0 bridgehead atoms. The van der Waals surface area contributed by atoms with Gasteiger partial charge in [0, 0.05) is 14.5 Å². The molecule has 0 atom stereocenters. The molecule has 0 aromatic rings. The Balaban J connectivity index is 2.13. The van der Waals surface area contributed by atoms with E-state index in [1.807, 2.05) is 0 Å². The molecule has 42 valence electrons. The van der Waals surface area contributed by atoms with Crippen LogP contribution in [0.4, 0.5) is 0 Å². The van der Waals surface area contributed by atoms with Crippen LogP contribution in [-0.4, -0.2) is 38.2 Å². The molecule has 0 radical (unpaired) electrons. The molecule has 1 fully saturated rings. The molecule has 0 unspecified atom stereocenters. The molecular weight excluding hydrogens is 90.1 g/mol. The van der Waals surface area contributed by atoms with E-state index in [2.05, 4.69) is 4.90 Å². The summed E-state index contributed by atoms with van der Waals surface area (Å²) >= 11 is 0. The first kappa shape index (κ1) is 3.87. The lowest BCUT2D eigenvalue weighted by Crippen LogP contribution is -2.32. The quantitative estimate of drug-likeness (QED) is 0.425. The van der Waals surface area contributed by atoms with Crippen molar-refractivity contribution in [2.45, 2.75) is 0 Å². The number of likely N-dealkylation sites (N-methyl/N-ethyl adjacent to an activating group) is 1. The van der Waals surface area contributed by atoms with Crippen molar-refractivity contribution >= 4 is 0 Å². The minimum Gasteiger partial charge on any atom is -0.379 e. The van der Waals surface area contributed by atoms with Crippen molar-refractivity contribution in [1.82, 2.24) is 4.90 Å². The van der Waals surface area contributed by atoms with Crippen LogP contribution in [0.1, 0.15) is 1.37 Å². The van der Waals surface area contributed by atoms with Gasteiger partial charge in [-0.25, -0.2) is 0 Å². The van der Waals surface area contributed by atoms with Crippen LogP contribution in [0, 0.1) is 0 Å².